The number of hydrogen-bond donors (Lipinski definition) is 1. The van der Waals surface area contributed by atoms with Gasteiger partial charge < -0.3 is 5.73 Å². The second-order valence-electron chi connectivity index (χ2n) is 5.34. The molecule has 4 heteroatoms. The van der Waals surface area contributed by atoms with Crippen molar-refractivity contribution in [2.45, 2.75) is 26.8 Å². The van der Waals surface area contributed by atoms with Crippen molar-refractivity contribution in [2.75, 3.05) is 20.1 Å². The van der Waals surface area contributed by atoms with E-state index in [1.165, 1.54) is 5.69 Å². The van der Waals surface area contributed by atoms with Crippen LogP contribution < -0.4 is 5.73 Å². The van der Waals surface area contributed by atoms with Crippen LogP contribution in [0.3, 0.4) is 0 Å². The summed E-state index contributed by atoms with van der Waals surface area (Å²) in [5, 5.41) is 4.20. The molecule has 4 nitrogen and oxygen atoms in total. The molecule has 1 atom stereocenters. The molecule has 0 fully saturated rings. The first kappa shape index (κ1) is 13.2. The van der Waals surface area contributed by atoms with Gasteiger partial charge in [0.25, 0.3) is 0 Å². The predicted octanol–water partition coefficient (Wildman–Crippen LogP) is 1.40. The molecule has 1 heterocycles. The fourth-order valence-corrected chi connectivity index (χ4v) is 1.90. The second-order valence-corrected chi connectivity index (χ2v) is 5.34. The Bertz CT molecular complexity index is 330. The maximum absolute atomic E-state index is 5.76. The Morgan fingerprint density at radius 2 is 2.19 bits per heavy atom. The average molecular weight is 224 g/mol. The molecule has 0 spiro atoms. The van der Waals surface area contributed by atoms with Crippen molar-refractivity contribution in [1.82, 2.24) is 14.7 Å². The van der Waals surface area contributed by atoms with Crippen molar-refractivity contribution in [3.8, 4) is 0 Å². The van der Waals surface area contributed by atoms with Crippen LogP contribution in [0.1, 0.15) is 32.5 Å². The van der Waals surface area contributed by atoms with Crippen molar-refractivity contribution in [1.29, 1.82) is 0 Å². The van der Waals surface area contributed by atoms with Crippen LogP contribution in [0.25, 0.3) is 0 Å². The second kappa shape index (κ2) is 4.97. The van der Waals surface area contributed by atoms with Gasteiger partial charge in [-0.2, -0.15) is 5.10 Å². The lowest BCUT2D eigenvalue weighted by molar-refractivity contribution is 0.169. The Kier molecular flexibility index (Phi) is 4.10. The fourth-order valence-electron chi connectivity index (χ4n) is 1.90. The summed E-state index contributed by atoms with van der Waals surface area (Å²) in [4.78, 5) is 2.32. The van der Waals surface area contributed by atoms with Crippen LogP contribution in [0.5, 0.6) is 0 Å². The van der Waals surface area contributed by atoms with Gasteiger partial charge in [0.15, 0.2) is 0 Å². The van der Waals surface area contributed by atoms with Crippen molar-refractivity contribution in [2.24, 2.45) is 18.2 Å². The molecule has 2 N–H and O–H groups in total. The average Bonchev–Trinajstić information content (AvgIpc) is 2.62. The van der Waals surface area contributed by atoms with E-state index in [1.807, 2.05) is 17.9 Å². The molecule has 1 rings (SSSR count). The van der Waals surface area contributed by atoms with E-state index in [2.05, 4.69) is 43.9 Å². The van der Waals surface area contributed by atoms with E-state index in [0.29, 0.717) is 12.6 Å². The third-order valence-electron chi connectivity index (χ3n) is 3.18. The first-order valence-corrected chi connectivity index (χ1v) is 5.75. The number of aryl methyl sites for hydroxylation is 1. The van der Waals surface area contributed by atoms with E-state index in [0.717, 1.165) is 6.54 Å². The van der Waals surface area contributed by atoms with Crippen molar-refractivity contribution < 1.29 is 0 Å². The highest BCUT2D eigenvalue weighted by Crippen LogP contribution is 2.22. The lowest BCUT2D eigenvalue weighted by atomic mass is 9.92. The molecule has 1 aromatic rings. The van der Waals surface area contributed by atoms with E-state index in [1.54, 1.807) is 0 Å². The number of hydrogen-bond acceptors (Lipinski definition) is 3. The summed E-state index contributed by atoms with van der Waals surface area (Å²) in [7, 11) is 4.11. The van der Waals surface area contributed by atoms with Gasteiger partial charge in [-0.1, -0.05) is 13.8 Å². The third-order valence-corrected chi connectivity index (χ3v) is 3.18. The SMILES string of the molecule is CC(c1ccnn1C)N(C)CC(C)(C)CN. The van der Waals surface area contributed by atoms with Crippen LogP contribution in [0.15, 0.2) is 12.3 Å². The van der Waals surface area contributed by atoms with Crippen molar-refractivity contribution in [3.05, 3.63) is 18.0 Å². The molecule has 0 aliphatic carbocycles. The topological polar surface area (TPSA) is 47.1 Å². The highest BCUT2D eigenvalue weighted by molar-refractivity contribution is 5.05. The zero-order chi connectivity index (χ0) is 12.3. The van der Waals surface area contributed by atoms with Crippen LogP contribution in [0.2, 0.25) is 0 Å². The van der Waals surface area contributed by atoms with E-state index in [4.69, 9.17) is 5.73 Å². The van der Waals surface area contributed by atoms with Gasteiger partial charge in [0, 0.05) is 25.8 Å². The molecule has 0 aromatic carbocycles. The molecule has 0 amide bonds. The predicted molar refractivity (Wildman–Crippen MR) is 67.1 cm³/mol. The third kappa shape index (κ3) is 3.06. The summed E-state index contributed by atoms with van der Waals surface area (Å²) in [6.07, 6.45) is 1.84. The Hall–Kier alpha value is -0.870. The number of aromatic nitrogens is 2. The Labute approximate surface area is 98.4 Å². The molecule has 0 radical (unpaired) electrons. The molecule has 92 valence electrons. The standard InChI is InChI=1S/C12H24N4/c1-10(11-6-7-14-16(11)5)15(4)9-12(2,3)8-13/h6-7,10H,8-9,13H2,1-5H3. The maximum Gasteiger partial charge on any atom is 0.0549 e. The number of nitrogens with zero attached hydrogens (tertiary/aromatic N) is 3. The van der Waals surface area contributed by atoms with E-state index in [-0.39, 0.29) is 5.41 Å². The summed E-state index contributed by atoms with van der Waals surface area (Å²) < 4.78 is 1.93. The lowest BCUT2D eigenvalue weighted by Crippen LogP contribution is -2.38. The van der Waals surface area contributed by atoms with Gasteiger partial charge in [0.05, 0.1) is 5.69 Å². The van der Waals surface area contributed by atoms with Gasteiger partial charge >= 0.3 is 0 Å². The molecule has 1 unspecified atom stereocenters. The molecule has 0 saturated heterocycles. The van der Waals surface area contributed by atoms with Crippen LogP contribution >= 0.6 is 0 Å². The van der Waals surface area contributed by atoms with E-state index in [9.17, 15) is 0 Å². The highest BCUT2D eigenvalue weighted by Gasteiger charge is 2.22. The molecule has 16 heavy (non-hydrogen) atoms. The molecule has 0 aliphatic heterocycles. The smallest absolute Gasteiger partial charge is 0.0549 e. The van der Waals surface area contributed by atoms with Gasteiger partial charge in [0.2, 0.25) is 0 Å². The van der Waals surface area contributed by atoms with E-state index >= 15 is 0 Å². The minimum atomic E-state index is 0.154. The molecule has 0 saturated carbocycles. The fraction of sp³-hybridized carbons (Fsp3) is 0.750. The number of rotatable bonds is 5. The summed E-state index contributed by atoms with van der Waals surface area (Å²) in [5.74, 6) is 0. The monoisotopic (exact) mass is 224 g/mol. The quantitative estimate of drug-likeness (QED) is 0.822. The molecular formula is C12H24N4. The maximum atomic E-state index is 5.76. The largest absolute Gasteiger partial charge is 0.330 e. The van der Waals surface area contributed by atoms with Crippen LogP contribution in [0, 0.1) is 5.41 Å². The Morgan fingerprint density at radius 1 is 1.56 bits per heavy atom. The first-order chi connectivity index (χ1) is 7.37. The lowest BCUT2D eigenvalue weighted by Gasteiger charge is -2.33. The normalized spacial score (nSPS) is 14.4. The molecule has 1 aromatic heterocycles. The zero-order valence-electron chi connectivity index (χ0n) is 11.1. The zero-order valence-corrected chi connectivity index (χ0v) is 11.1. The van der Waals surface area contributed by atoms with Crippen molar-refractivity contribution >= 4 is 0 Å². The molecule has 0 aliphatic rings. The van der Waals surface area contributed by atoms with E-state index < -0.39 is 0 Å². The Balaban J connectivity index is 2.68. The minimum Gasteiger partial charge on any atom is -0.330 e. The highest BCUT2D eigenvalue weighted by atomic mass is 15.3. The van der Waals surface area contributed by atoms with Crippen molar-refractivity contribution in [3.63, 3.8) is 0 Å². The van der Waals surface area contributed by atoms with Crippen LogP contribution in [-0.2, 0) is 7.05 Å². The summed E-state index contributed by atoms with van der Waals surface area (Å²) >= 11 is 0. The van der Waals surface area contributed by atoms with Gasteiger partial charge in [-0.05, 0) is 32.0 Å². The van der Waals surface area contributed by atoms with Gasteiger partial charge in [-0.3, -0.25) is 9.58 Å². The van der Waals surface area contributed by atoms with Gasteiger partial charge in [-0.25, -0.2) is 0 Å². The molecular weight excluding hydrogens is 200 g/mol. The molecule has 0 bridgehead atoms. The number of nitrogens with two attached hydrogens (primary N) is 1. The van der Waals surface area contributed by atoms with Gasteiger partial charge in [0.1, 0.15) is 0 Å². The summed E-state index contributed by atoms with van der Waals surface area (Å²) in [6.45, 7) is 8.27. The van der Waals surface area contributed by atoms with Gasteiger partial charge in [-0.15, -0.1) is 0 Å². The van der Waals surface area contributed by atoms with Crippen LogP contribution in [-0.4, -0.2) is 34.8 Å². The first-order valence-electron chi connectivity index (χ1n) is 5.75. The summed E-state index contributed by atoms with van der Waals surface area (Å²) in [5.41, 5.74) is 7.15. The summed E-state index contributed by atoms with van der Waals surface area (Å²) in [6, 6.07) is 2.43. The minimum absolute atomic E-state index is 0.154. The van der Waals surface area contributed by atoms with Crippen LogP contribution in [0.4, 0.5) is 0 Å². The Morgan fingerprint density at radius 3 is 2.62 bits per heavy atom.